The lowest BCUT2D eigenvalue weighted by Crippen LogP contribution is -2.39. The lowest BCUT2D eigenvalue weighted by molar-refractivity contribution is 0.0918. The Morgan fingerprint density at radius 2 is 2.03 bits per heavy atom. The minimum Gasteiger partial charge on any atom is -0.466 e. The van der Waals surface area contributed by atoms with Crippen LogP contribution < -0.4 is 5.32 Å². The zero-order valence-electron chi connectivity index (χ0n) is 16.9. The average molecular weight is 455 g/mol. The van der Waals surface area contributed by atoms with Crippen molar-refractivity contribution in [1.82, 2.24) is 9.62 Å². The van der Waals surface area contributed by atoms with Crippen LogP contribution in [0.25, 0.3) is 0 Å². The molecule has 1 aliphatic carbocycles. The van der Waals surface area contributed by atoms with Crippen molar-refractivity contribution in [3.63, 3.8) is 0 Å². The summed E-state index contributed by atoms with van der Waals surface area (Å²) in [6.07, 6.45) is 1.61. The number of furan rings is 1. The van der Waals surface area contributed by atoms with Crippen LogP contribution in [0.3, 0.4) is 0 Å². The molecule has 1 fully saturated rings. The number of carbonyl (C=O) groups excluding carboxylic acids is 1. The molecule has 2 aromatic heterocycles. The molecule has 4 rings (SSSR count). The van der Waals surface area contributed by atoms with Crippen LogP contribution in [-0.2, 0) is 16.4 Å². The molecule has 0 spiro atoms. The number of hydrogen-bond acceptors (Lipinski definition) is 6. The smallest absolute Gasteiger partial charge is 0.263 e. The van der Waals surface area contributed by atoms with Gasteiger partial charge in [0.2, 0.25) is 10.0 Å². The van der Waals surface area contributed by atoms with Gasteiger partial charge in [-0.2, -0.15) is 16.1 Å². The van der Waals surface area contributed by atoms with Crippen LogP contribution in [0, 0.1) is 12.3 Å². The minimum atomic E-state index is -3.66. The lowest BCUT2D eigenvalue weighted by Gasteiger charge is -2.34. The number of nitrogens with zero attached hydrogens (tertiary/aromatic N) is 1. The van der Waals surface area contributed by atoms with Crippen molar-refractivity contribution in [2.45, 2.75) is 44.6 Å². The lowest BCUT2D eigenvalue weighted by atomic mass is 9.74. The van der Waals surface area contributed by atoms with Crippen molar-refractivity contribution in [1.29, 1.82) is 0 Å². The molecule has 3 heterocycles. The highest BCUT2D eigenvalue weighted by Gasteiger charge is 2.37. The fraction of sp³-hybridized carbons (Fsp3) is 0.550. The van der Waals surface area contributed by atoms with Gasteiger partial charge in [-0.15, -0.1) is 11.3 Å². The molecule has 1 saturated heterocycles. The zero-order chi connectivity index (χ0) is 20.8. The zero-order valence-corrected chi connectivity index (χ0v) is 19.3. The maximum Gasteiger partial charge on any atom is 0.263 e. The number of amides is 1. The number of thiophene rings is 1. The van der Waals surface area contributed by atoms with E-state index in [1.807, 2.05) is 13.0 Å². The van der Waals surface area contributed by atoms with Gasteiger partial charge < -0.3 is 9.73 Å². The third-order valence-corrected chi connectivity index (χ3v) is 9.39. The first-order chi connectivity index (χ1) is 13.7. The number of fused-ring (bicyclic) bond motifs is 1. The van der Waals surface area contributed by atoms with Gasteiger partial charge in [-0.3, -0.25) is 4.79 Å². The second-order valence-electron chi connectivity index (χ2n) is 8.44. The maximum absolute atomic E-state index is 13.1. The van der Waals surface area contributed by atoms with E-state index in [0.29, 0.717) is 13.1 Å². The summed E-state index contributed by atoms with van der Waals surface area (Å²) < 4.78 is 33.5. The van der Waals surface area contributed by atoms with E-state index in [-0.39, 0.29) is 27.1 Å². The summed E-state index contributed by atoms with van der Waals surface area (Å²) in [7, 11) is -3.66. The van der Waals surface area contributed by atoms with Gasteiger partial charge in [0.05, 0.1) is 6.04 Å². The standard InChI is InChI=1S/C20H26N2O4S3/c1-13-10-14-15(11-20(2,3)12-16(14)26-13)21-19(23)18-17(4-7-28-18)29(24,25)22-5-8-27-9-6-22/h4,7,10,15H,5-6,8-9,11-12H2,1-3H3,(H,21,23). The van der Waals surface area contributed by atoms with Gasteiger partial charge in [0.15, 0.2) is 0 Å². The van der Waals surface area contributed by atoms with E-state index in [9.17, 15) is 13.2 Å². The molecule has 6 nitrogen and oxygen atoms in total. The van der Waals surface area contributed by atoms with E-state index in [1.165, 1.54) is 15.6 Å². The van der Waals surface area contributed by atoms with Crippen molar-refractivity contribution in [2.75, 3.05) is 24.6 Å². The highest BCUT2D eigenvalue weighted by Crippen LogP contribution is 2.42. The van der Waals surface area contributed by atoms with Crippen molar-refractivity contribution in [3.05, 3.63) is 39.5 Å². The molecule has 2 aromatic rings. The van der Waals surface area contributed by atoms with Gasteiger partial charge in [-0.1, -0.05) is 13.8 Å². The Hall–Kier alpha value is -1.29. The first kappa shape index (κ1) is 21.0. The molecule has 1 N–H and O–H groups in total. The molecule has 1 aliphatic heterocycles. The largest absolute Gasteiger partial charge is 0.466 e. The van der Waals surface area contributed by atoms with Crippen LogP contribution >= 0.6 is 23.1 Å². The SMILES string of the molecule is Cc1cc2c(o1)CC(C)(C)CC2NC(=O)c1sccc1S(=O)(=O)N1CCSCC1. The first-order valence-corrected chi connectivity index (χ1v) is 13.2. The third-order valence-electron chi connectivity index (χ3n) is 5.46. The number of hydrogen-bond donors (Lipinski definition) is 1. The van der Waals surface area contributed by atoms with Crippen molar-refractivity contribution < 1.29 is 17.6 Å². The van der Waals surface area contributed by atoms with Crippen LogP contribution in [0.4, 0.5) is 0 Å². The van der Waals surface area contributed by atoms with Gasteiger partial charge in [0, 0.05) is 36.6 Å². The van der Waals surface area contributed by atoms with Gasteiger partial charge >= 0.3 is 0 Å². The fourth-order valence-corrected chi connectivity index (χ4v) is 8.01. The van der Waals surface area contributed by atoms with E-state index in [2.05, 4.69) is 19.2 Å². The molecule has 0 aromatic carbocycles. The van der Waals surface area contributed by atoms with E-state index in [4.69, 9.17) is 4.42 Å². The van der Waals surface area contributed by atoms with Gasteiger partial charge in [0.1, 0.15) is 21.3 Å². The number of rotatable bonds is 4. The fourth-order valence-electron chi connectivity index (χ4n) is 4.13. The van der Waals surface area contributed by atoms with Crippen LogP contribution in [0.2, 0.25) is 0 Å². The van der Waals surface area contributed by atoms with Crippen LogP contribution in [-0.4, -0.2) is 43.2 Å². The Labute approximate surface area is 180 Å². The number of carbonyl (C=O) groups is 1. The summed E-state index contributed by atoms with van der Waals surface area (Å²) in [6, 6.07) is 3.34. The van der Waals surface area contributed by atoms with Crippen LogP contribution in [0.1, 0.15) is 53.1 Å². The molecule has 1 amide bonds. The molecule has 0 saturated carbocycles. The van der Waals surface area contributed by atoms with E-state index in [0.717, 1.165) is 41.4 Å². The van der Waals surface area contributed by atoms with Crippen LogP contribution in [0.15, 0.2) is 26.8 Å². The summed E-state index contributed by atoms with van der Waals surface area (Å²) in [5, 5.41) is 4.77. The van der Waals surface area contributed by atoms with E-state index in [1.54, 1.807) is 23.2 Å². The normalized spacial score (nSPS) is 22.2. The molecule has 9 heteroatoms. The molecule has 158 valence electrons. The van der Waals surface area contributed by atoms with Gasteiger partial charge in [0.25, 0.3) is 5.91 Å². The summed E-state index contributed by atoms with van der Waals surface area (Å²) >= 11 is 2.93. The highest BCUT2D eigenvalue weighted by atomic mass is 32.2. The molecular weight excluding hydrogens is 428 g/mol. The van der Waals surface area contributed by atoms with E-state index >= 15 is 0 Å². The Morgan fingerprint density at radius 3 is 2.76 bits per heavy atom. The highest BCUT2D eigenvalue weighted by molar-refractivity contribution is 7.99. The molecule has 29 heavy (non-hydrogen) atoms. The summed E-state index contributed by atoms with van der Waals surface area (Å²) in [4.78, 5) is 13.5. The molecule has 1 unspecified atom stereocenters. The quantitative estimate of drug-likeness (QED) is 0.759. The predicted molar refractivity (Wildman–Crippen MR) is 116 cm³/mol. The van der Waals surface area contributed by atoms with Crippen molar-refractivity contribution in [2.24, 2.45) is 5.41 Å². The molecular formula is C20H26N2O4S3. The summed E-state index contributed by atoms with van der Waals surface area (Å²) in [5.41, 5.74) is 0.995. The molecule has 0 bridgehead atoms. The number of aryl methyl sites for hydroxylation is 1. The second-order valence-corrected chi connectivity index (χ2v) is 12.5. The van der Waals surface area contributed by atoms with Crippen LogP contribution in [0.5, 0.6) is 0 Å². The Balaban J connectivity index is 1.60. The second kappa shape index (κ2) is 7.76. The minimum absolute atomic E-state index is 0.00887. The average Bonchev–Trinajstić information content (AvgIpc) is 3.28. The van der Waals surface area contributed by atoms with E-state index < -0.39 is 10.0 Å². The number of sulfonamides is 1. The molecule has 0 radical (unpaired) electrons. The topological polar surface area (TPSA) is 79.6 Å². The van der Waals surface area contributed by atoms with Crippen molar-refractivity contribution in [3.8, 4) is 0 Å². The van der Waals surface area contributed by atoms with Crippen molar-refractivity contribution >= 4 is 39.0 Å². The van der Waals surface area contributed by atoms with Gasteiger partial charge in [-0.25, -0.2) is 8.42 Å². The Kier molecular flexibility index (Phi) is 5.61. The van der Waals surface area contributed by atoms with Gasteiger partial charge in [-0.05, 0) is 36.3 Å². The maximum atomic E-state index is 13.1. The third kappa shape index (κ3) is 4.15. The molecule has 1 atom stereocenters. The number of thioether (sulfide) groups is 1. The number of nitrogens with one attached hydrogen (secondary N) is 1. The Morgan fingerprint density at radius 1 is 1.31 bits per heavy atom. The predicted octanol–water partition coefficient (Wildman–Crippen LogP) is 3.83. The Bertz CT molecular complexity index is 1020. The summed E-state index contributed by atoms with van der Waals surface area (Å²) in [6.45, 7) is 7.19. The monoisotopic (exact) mass is 454 g/mol. The summed E-state index contributed by atoms with van der Waals surface area (Å²) in [5.74, 6) is 2.97. The molecule has 2 aliphatic rings. The first-order valence-electron chi connectivity index (χ1n) is 9.73.